The Morgan fingerprint density at radius 2 is 1.83 bits per heavy atom. The molecule has 4 nitrogen and oxygen atoms in total. The molecule has 2 rings (SSSR count). The van der Waals surface area contributed by atoms with E-state index < -0.39 is 12.1 Å². The summed E-state index contributed by atoms with van der Waals surface area (Å²) in [7, 11) is 0. The summed E-state index contributed by atoms with van der Waals surface area (Å²) in [6.07, 6.45) is -0.634. The third kappa shape index (κ3) is 5.21. The predicted molar refractivity (Wildman–Crippen MR) is 92.7 cm³/mol. The van der Waals surface area contributed by atoms with Gasteiger partial charge in [0.15, 0.2) is 6.10 Å². The highest BCUT2D eigenvalue weighted by atomic mass is 32.1. The monoisotopic (exact) mass is 331 g/mol. The molecule has 5 heteroatoms. The van der Waals surface area contributed by atoms with Gasteiger partial charge in [-0.15, -0.1) is 11.3 Å². The van der Waals surface area contributed by atoms with Crippen LogP contribution in [0.5, 0.6) is 0 Å². The molecule has 0 aliphatic rings. The average molecular weight is 331 g/mol. The molecule has 0 spiro atoms. The van der Waals surface area contributed by atoms with Gasteiger partial charge >= 0.3 is 5.97 Å². The van der Waals surface area contributed by atoms with Crippen LogP contribution in [0.15, 0.2) is 41.8 Å². The molecule has 0 aliphatic heterocycles. The predicted octanol–water partition coefficient (Wildman–Crippen LogP) is 3.98. The van der Waals surface area contributed by atoms with E-state index in [9.17, 15) is 9.59 Å². The maximum atomic E-state index is 12.1. The van der Waals surface area contributed by atoms with Crippen LogP contribution in [0.3, 0.4) is 0 Å². The standard InChI is InChI=1S/C18H21NO3S/c1-12(2)14-6-8-15(9-7-14)19-18(21)13(3)22-17(20)11-16-5-4-10-23-16/h4-10,12-13H,11H2,1-3H3,(H,19,21)/t13-/m1/s1. The van der Waals surface area contributed by atoms with E-state index in [0.29, 0.717) is 11.6 Å². The molecule has 23 heavy (non-hydrogen) atoms. The molecule has 0 saturated heterocycles. The van der Waals surface area contributed by atoms with Crippen molar-refractivity contribution in [3.05, 3.63) is 52.2 Å². The number of benzene rings is 1. The minimum Gasteiger partial charge on any atom is -0.452 e. The number of hydrogen-bond acceptors (Lipinski definition) is 4. The van der Waals surface area contributed by atoms with E-state index in [4.69, 9.17) is 4.74 Å². The highest BCUT2D eigenvalue weighted by Crippen LogP contribution is 2.17. The minimum absolute atomic E-state index is 0.193. The Morgan fingerprint density at radius 3 is 2.39 bits per heavy atom. The first-order valence-electron chi connectivity index (χ1n) is 7.58. The van der Waals surface area contributed by atoms with E-state index in [0.717, 1.165) is 4.88 Å². The van der Waals surface area contributed by atoms with Crippen molar-refractivity contribution in [2.75, 3.05) is 5.32 Å². The Balaban J connectivity index is 1.85. The number of amides is 1. The van der Waals surface area contributed by atoms with Crippen molar-refractivity contribution < 1.29 is 14.3 Å². The SMILES string of the molecule is CC(C)c1ccc(NC(=O)[C@@H](C)OC(=O)Cc2cccs2)cc1. The largest absolute Gasteiger partial charge is 0.452 e. The van der Waals surface area contributed by atoms with Crippen LogP contribution in [-0.2, 0) is 20.7 Å². The van der Waals surface area contributed by atoms with E-state index in [-0.39, 0.29) is 12.3 Å². The van der Waals surface area contributed by atoms with Crippen molar-refractivity contribution in [3.63, 3.8) is 0 Å². The van der Waals surface area contributed by atoms with Crippen LogP contribution in [-0.4, -0.2) is 18.0 Å². The number of thiophene rings is 1. The first-order chi connectivity index (χ1) is 11.0. The number of hydrogen-bond donors (Lipinski definition) is 1. The fourth-order valence-electron chi connectivity index (χ4n) is 2.04. The molecule has 0 fully saturated rings. The second kappa shape index (κ2) is 7.92. The number of anilines is 1. The van der Waals surface area contributed by atoms with E-state index in [1.54, 1.807) is 6.92 Å². The molecule has 1 N–H and O–H groups in total. The van der Waals surface area contributed by atoms with Crippen LogP contribution < -0.4 is 5.32 Å². The Hall–Kier alpha value is -2.14. The minimum atomic E-state index is -0.827. The number of ether oxygens (including phenoxy) is 1. The molecule has 0 bridgehead atoms. The molecular formula is C18H21NO3S. The fraction of sp³-hybridized carbons (Fsp3) is 0.333. The lowest BCUT2D eigenvalue weighted by Crippen LogP contribution is -2.30. The molecule has 0 radical (unpaired) electrons. The summed E-state index contributed by atoms with van der Waals surface area (Å²) >= 11 is 1.49. The molecule has 0 unspecified atom stereocenters. The van der Waals surface area contributed by atoms with Gasteiger partial charge in [-0.1, -0.05) is 32.0 Å². The fourth-order valence-corrected chi connectivity index (χ4v) is 2.73. The van der Waals surface area contributed by atoms with Crippen LogP contribution >= 0.6 is 11.3 Å². The number of carbonyl (C=O) groups excluding carboxylic acids is 2. The second-order valence-electron chi connectivity index (χ2n) is 5.65. The van der Waals surface area contributed by atoms with Gasteiger partial charge in [0.05, 0.1) is 6.42 Å². The summed E-state index contributed by atoms with van der Waals surface area (Å²) in [4.78, 5) is 24.8. The van der Waals surface area contributed by atoms with Crippen molar-refractivity contribution in [2.24, 2.45) is 0 Å². The van der Waals surface area contributed by atoms with E-state index >= 15 is 0 Å². The maximum absolute atomic E-state index is 12.1. The first kappa shape index (κ1) is 17.2. The van der Waals surface area contributed by atoms with Gasteiger partial charge in [0, 0.05) is 10.6 Å². The van der Waals surface area contributed by atoms with Crippen molar-refractivity contribution in [3.8, 4) is 0 Å². The number of carbonyl (C=O) groups is 2. The lowest BCUT2D eigenvalue weighted by atomic mass is 10.0. The summed E-state index contributed by atoms with van der Waals surface area (Å²) in [6, 6.07) is 11.4. The maximum Gasteiger partial charge on any atom is 0.311 e. The van der Waals surface area contributed by atoms with Crippen LogP contribution in [0.4, 0.5) is 5.69 Å². The zero-order valence-electron chi connectivity index (χ0n) is 13.5. The molecular weight excluding hydrogens is 310 g/mol. The van der Waals surface area contributed by atoms with Crippen LogP contribution in [0.1, 0.15) is 37.1 Å². The average Bonchev–Trinajstić information content (AvgIpc) is 3.00. The summed E-state index contributed by atoms with van der Waals surface area (Å²) in [5, 5.41) is 4.66. The van der Waals surface area contributed by atoms with E-state index in [1.165, 1.54) is 16.9 Å². The molecule has 1 heterocycles. The molecule has 0 aliphatic carbocycles. The Labute approximate surface area is 140 Å². The Bertz CT molecular complexity index is 647. The molecule has 1 aromatic carbocycles. The van der Waals surface area contributed by atoms with Gasteiger partial charge in [-0.05, 0) is 42.0 Å². The topological polar surface area (TPSA) is 55.4 Å². The summed E-state index contributed by atoms with van der Waals surface area (Å²) in [5.74, 6) is -0.288. The molecule has 0 saturated carbocycles. The molecule has 122 valence electrons. The highest BCUT2D eigenvalue weighted by molar-refractivity contribution is 7.10. The van der Waals surface area contributed by atoms with Gasteiger partial charge in [-0.2, -0.15) is 0 Å². The lowest BCUT2D eigenvalue weighted by Gasteiger charge is -2.14. The lowest BCUT2D eigenvalue weighted by molar-refractivity contribution is -0.152. The van der Waals surface area contributed by atoms with Crippen molar-refractivity contribution in [1.82, 2.24) is 0 Å². The van der Waals surface area contributed by atoms with Gasteiger partial charge in [-0.25, -0.2) is 0 Å². The van der Waals surface area contributed by atoms with Gasteiger partial charge in [0.25, 0.3) is 5.91 Å². The molecule has 2 aromatic rings. The summed E-state index contributed by atoms with van der Waals surface area (Å²) in [6.45, 7) is 5.80. The van der Waals surface area contributed by atoms with Crippen LogP contribution in [0.25, 0.3) is 0 Å². The van der Waals surface area contributed by atoms with E-state index in [1.807, 2.05) is 41.8 Å². The second-order valence-corrected chi connectivity index (χ2v) is 6.69. The van der Waals surface area contributed by atoms with Crippen LogP contribution in [0.2, 0.25) is 0 Å². The number of nitrogens with one attached hydrogen (secondary N) is 1. The van der Waals surface area contributed by atoms with Gasteiger partial charge in [0.2, 0.25) is 0 Å². The van der Waals surface area contributed by atoms with Crippen molar-refractivity contribution >= 4 is 28.9 Å². The quantitative estimate of drug-likeness (QED) is 0.815. The smallest absolute Gasteiger partial charge is 0.311 e. The normalized spacial score (nSPS) is 12.0. The van der Waals surface area contributed by atoms with Gasteiger partial charge < -0.3 is 10.1 Å². The summed E-state index contributed by atoms with van der Waals surface area (Å²) < 4.78 is 5.18. The third-order valence-corrected chi connectivity index (χ3v) is 4.30. The zero-order valence-corrected chi connectivity index (χ0v) is 14.4. The zero-order chi connectivity index (χ0) is 16.8. The Kier molecular flexibility index (Phi) is 5.93. The van der Waals surface area contributed by atoms with E-state index in [2.05, 4.69) is 19.2 Å². The first-order valence-corrected chi connectivity index (χ1v) is 8.46. The van der Waals surface area contributed by atoms with Crippen LogP contribution in [0, 0.1) is 0 Å². The highest BCUT2D eigenvalue weighted by Gasteiger charge is 2.18. The number of rotatable bonds is 6. The summed E-state index contributed by atoms with van der Waals surface area (Å²) in [5.41, 5.74) is 1.90. The van der Waals surface area contributed by atoms with Gasteiger partial charge in [-0.3, -0.25) is 9.59 Å². The molecule has 1 atom stereocenters. The third-order valence-electron chi connectivity index (χ3n) is 3.42. The van der Waals surface area contributed by atoms with Gasteiger partial charge in [0.1, 0.15) is 0 Å². The van der Waals surface area contributed by atoms with Crippen molar-refractivity contribution in [1.29, 1.82) is 0 Å². The molecule has 1 amide bonds. The van der Waals surface area contributed by atoms with Crippen molar-refractivity contribution in [2.45, 2.75) is 39.2 Å². The molecule has 1 aromatic heterocycles. The Morgan fingerprint density at radius 1 is 1.13 bits per heavy atom. The number of esters is 1.